The molecular weight excluding hydrogens is 220 g/mol. The van der Waals surface area contributed by atoms with Crippen molar-refractivity contribution in [3.05, 3.63) is 21.9 Å². The lowest BCUT2D eigenvalue weighted by molar-refractivity contribution is 0.0238. The molecule has 3 heteroatoms. The highest BCUT2D eigenvalue weighted by Gasteiger charge is 2.37. The summed E-state index contributed by atoms with van der Waals surface area (Å²) in [7, 11) is 0. The zero-order valence-corrected chi connectivity index (χ0v) is 10.5. The monoisotopic (exact) mass is 238 g/mol. The topological polar surface area (TPSA) is 37.3 Å². The predicted molar refractivity (Wildman–Crippen MR) is 66.0 cm³/mol. The van der Waals surface area contributed by atoms with Crippen LogP contribution >= 0.6 is 11.3 Å². The van der Waals surface area contributed by atoms with Crippen LogP contribution in [0.2, 0.25) is 0 Å². The Balaban J connectivity index is 2.22. The molecule has 0 aliphatic heterocycles. The number of carbonyl (C=O) groups excluding carboxylic acids is 1. The first-order chi connectivity index (χ1) is 7.63. The van der Waals surface area contributed by atoms with Crippen molar-refractivity contribution in [2.75, 3.05) is 0 Å². The van der Waals surface area contributed by atoms with Crippen molar-refractivity contribution in [2.24, 2.45) is 0 Å². The Labute approximate surface area is 100 Å². The van der Waals surface area contributed by atoms with E-state index in [2.05, 4.69) is 0 Å². The second-order valence-corrected chi connectivity index (χ2v) is 5.79. The van der Waals surface area contributed by atoms with E-state index >= 15 is 0 Å². The number of ketones is 1. The summed E-state index contributed by atoms with van der Waals surface area (Å²) in [5, 5.41) is 12.4. The summed E-state index contributed by atoms with van der Waals surface area (Å²) in [6.45, 7) is 1.94. The van der Waals surface area contributed by atoms with Crippen LogP contribution < -0.4 is 0 Å². The van der Waals surface area contributed by atoms with Gasteiger partial charge in [0.2, 0.25) is 0 Å². The third-order valence-electron chi connectivity index (χ3n) is 3.46. The molecule has 1 heterocycles. The molecule has 1 aromatic rings. The molecule has 0 bridgehead atoms. The van der Waals surface area contributed by atoms with Crippen LogP contribution in [0.3, 0.4) is 0 Å². The molecule has 0 amide bonds. The number of aliphatic hydroxyl groups is 1. The minimum atomic E-state index is -1.09. The predicted octanol–water partition coefficient (Wildman–Crippen LogP) is 3.32. The molecule has 0 spiro atoms. The Bertz CT molecular complexity index is 373. The van der Waals surface area contributed by atoms with Crippen molar-refractivity contribution in [1.82, 2.24) is 0 Å². The lowest BCUT2D eigenvalue weighted by Gasteiger charge is -2.24. The van der Waals surface area contributed by atoms with Crippen LogP contribution in [-0.2, 0) is 0 Å². The molecule has 16 heavy (non-hydrogen) atoms. The van der Waals surface area contributed by atoms with Gasteiger partial charge in [0.25, 0.3) is 0 Å². The average Bonchev–Trinajstić information content (AvgIpc) is 2.55. The fourth-order valence-corrected chi connectivity index (χ4v) is 3.11. The molecule has 88 valence electrons. The molecule has 0 saturated heterocycles. The maximum absolute atomic E-state index is 12.3. The van der Waals surface area contributed by atoms with Crippen LogP contribution in [0.1, 0.15) is 53.8 Å². The van der Waals surface area contributed by atoms with Gasteiger partial charge < -0.3 is 5.11 Å². The minimum Gasteiger partial charge on any atom is -0.382 e. The van der Waals surface area contributed by atoms with Crippen molar-refractivity contribution < 1.29 is 9.90 Å². The highest BCUT2D eigenvalue weighted by atomic mass is 32.1. The lowest BCUT2D eigenvalue weighted by atomic mass is 9.86. The quantitative estimate of drug-likeness (QED) is 0.634. The van der Waals surface area contributed by atoms with Crippen LogP contribution in [0.5, 0.6) is 0 Å². The fourth-order valence-electron chi connectivity index (χ4n) is 2.41. The van der Waals surface area contributed by atoms with Crippen molar-refractivity contribution in [3.8, 4) is 0 Å². The average molecular weight is 238 g/mol. The normalized spacial score (nSPS) is 20.4. The molecule has 1 fully saturated rings. The molecule has 1 N–H and O–H groups in total. The molecular formula is C13H18O2S. The molecule has 0 unspecified atom stereocenters. The highest BCUT2D eigenvalue weighted by Crippen LogP contribution is 2.31. The van der Waals surface area contributed by atoms with Gasteiger partial charge >= 0.3 is 0 Å². The molecule has 0 atom stereocenters. The van der Waals surface area contributed by atoms with E-state index in [1.165, 1.54) is 0 Å². The SMILES string of the molecule is Cc1sccc1C(=O)C1(O)CCCCCC1. The Morgan fingerprint density at radius 3 is 2.44 bits per heavy atom. The van der Waals surface area contributed by atoms with Gasteiger partial charge in [0, 0.05) is 10.4 Å². The summed E-state index contributed by atoms with van der Waals surface area (Å²) >= 11 is 1.57. The first-order valence-electron chi connectivity index (χ1n) is 5.95. The van der Waals surface area contributed by atoms with Crippen molar-refractivity contribution in [2.45, 2.75) is 51.0 Å². The van der Waals surface area contributed by atoms with Gasteiger partial charge in [-0.15, -0.1) is 11.3 Å². The first kappa shape index (κ1) is 11.8. The van der Waals surface area contributed by atoms with Crippen LogP contribution in [0, 0.1) is 6.92 Å². The van der Waals surface area contributed by atoms with Crippen LogP contribution in [0.25, 0.3) is 0 Å². The highest BCUT2D eigenvalue weighted by molar-refractivity contribution is 7.10. The lowest BCUT2D eigenvalue weighted by Crippen LogP contribution is -2.38. The number of Topliss-reactive ketones (excluding diaryl/α,β-unsaturated/α-hetero) is 1. The van der Waals surface area contributed by atoms with Gasteiger partial charge in [0.15, 0.2) is 5.78 Å². The Morgan fingerprint density at radius 2 is 1.94 bits per heavy atom. The number of hydrogen-bond donors (Lipinski definition) is 1. The van der Waals surface area contributed by atoms with Crippen LogP contribution in [-0.4, -0.2) is 16.5 Å². The molecule has 1 aromatic heterocycles. The molecule has 0 radical (unpaired) electrons. The molecule has 2 rings (SSSR count). The first-order valence-corrected chi connectivity index (χ1v) is 6.83. The minimum absolute atomic E-state index is 0.0619. The second-order valence-electron chi connectivity index (χ2n) is 4.67. The number of aryl methyl sites for hydroxylation is 1. The Hall–Kier alpha value is -0.670. The molecule has 0 aromatic carbocycles. The van der Waals surface area contributed by atoms with E-state index in [-0.39, 0.29) is 5.78 Å². The fraction of sp³-hybridized carbons (Fsp3) is 0.615. The van der Waals surface area contributed by atoms with Gasteiger partial charge in [-0.3, -0.25) is 4.79 Å². The Kier molecular flexibility index (Phi) is 3.45. The van der Waals surface area contributed by atoms with Gasteiger partial charge in [-0.1, -0.05) is 25.7 Å². The second kappa shape index (κ2) is 4.68. The standard InChI is InChI=1S/C13H18O2S/c1-10-11(6-9-16-10)12(14)13(15)7-4-2-3-5-8-13/h6,9,15H,2-5,7-8H2,1H3. The van der Waals surface area contributed by atoms with E-state index in [9.17, 15) is 9.90 Å². The molecule has 2 nitrogen and oxygen atoms in total. The van der Waals surface area contributed by atoms with E-state index in [1.807, 2.05) is 18.4 Å². The van der Waals surface area contributed by atoms with E-state index in [1.54, 1.807) is 11.3 Å². The maximum atomic E-state index is 12.3. The van der Waals surface area contributed by atoms with Gasteiger partial charge in [-0.25, -0.2) is 0 Å². The van der Waals surface area contributed by atoms with Gasteiger partial charge in [-0.05, 0) is 31.2 Å². The third-order valence-corrected chi connectivity index (χ3v) is 4.30. The van der Waals surface area contributed by atoms with E-state index in [0.29, 0.717) is 12.8 Å². The third kappa shape index (κ3) is 2.20. The molecule has 1 aliphatic carbocycles. The molecule has 1 saturated carbocycles. The van der Waals surface area contributed by atoms with Crippen molar-refractivity contribution >= 4 is 17.1 Å². The summed E-state index contributed by atoms with van der Waals surface area (Å²) in [5.41, 5.74) is -0.378. The Morgan fingerprint density at radius 1 is 1.31 bits per heavy atom. The van der Waals surface area contributed by atoms with E-state index in [4.69, 9.17) is 0 Å². The zero-order chi connectivity index (χ0) is 11.6. The van der Waals surface area contributed by atoms with E-state index in [0.717, 1.165) is 36.1 Å². The summed E-state index contributed by atoms with van der Waals surface area (Å²) in [6, 6.07) is 1.84. The largest absolute Gasteiger partial charge is 0.382 e. The van der Waals surface area contributed by atoms with Crippen molar-refractivity contribution in [3.63, 3.8) is 0 Å². The van der Waals surface area contributed by atoms with Gasteiger partial charge in [0.1, 0.15) is 5.60 Å². The van der Waals surface area contributed by atoms with Gasteiger partial charge in [0.05, 0.1) is 0 Å². The number of rotatable bonds is 2. The maximum Gasteiger partial charge on any atom is 0.195 e. The summed E-state index contributed by atoms with van der Waals surface area (Å²) < 4.78 is 0. The smallest absolute Gasteiger partial charge is 0.195 e. The van der Waals surface area contributed by atoms with Crippen molar-refractivity contribution in [1.29, 1.82) is 0 Å². The van der Waals surface area contributed by atoms with Gasteiger partial charge in [-0.2, -0.15) is 0 Å². The van der Waals surface area contributed by atoms with E-state index < -0.39 is 5.60 Å². The number of thiophene rings is 1. The zero-order valence-electron chi connectivity index (χ0n) is 9.66. The summed E-state index contributed by atoms with van der Waals surface area (Å²) in [5.74, 6) is -0.0619. The van der Waals surface area contributed by atoms with Crippen LogP contribution in [0.15, 0.2) is 11.4 Å². The summed E-state index contributed by atoms with van der Waals surface area (Å²) in [4.78, 5) is 13.3. The number of hydrogen-bond acceptors (Lipinski definition) is 3. The number of carbonyl (C=O) groups is 1. The molecule has 1 aliphatic rings. The summed E-state index contributed by atoms with van der Waals surface area (Å²) in [6.07, 6.45) is 5.45. The van der Waals surface area contributed by atoms with Crippen LogP contribution in [0.4, 0.5) is 0 Å².